The van der Waals surface area contributed by atoms with E-state index < -0.39 is 0 Å². The predicted molar refractivity (Wildman–Crippen MR) is 80.7 cm³/mol. The van der Waals surface area contributed by atoms with Gasteiger partial charge in [0.25, 0.3) is 5.91 Å². The van der Waals surface area contributed by atoms with Gasteiger partial charge in [0.05, 0.1) is 16.8 Å². The Morgan fingerprint density at radius 2 is 1.75 bits per heavy atom. The fourth-order valence-electron chi connectivity index (χ4n) is 2.98. The molecule has 1 aliphatic heterocycles. The number of nitrogens with two attached hydrogens (primary N) is 1. The first-order chi connectivity index (χ1) is 9.10. The fourth-order valence-corrected chi connectivity index (χ4v) is 2.98. The minimum atomic E-state index is -0.350. The number of rotatable bonds is 1. The summed E-state index contributed by atoms with van der Waals surface area (Å²) in [5.41, 5.74) is 7.45. The average molecular weight is 276 g/mol. The molecule has 0 radical (unpaired) electrons. The largest absolute Gasteiger partial charge is 0.398 e. The second-order valence-corrected chi connectivity index (χ2v) is 6.87. The number of anilines is 1. The minimum Gasteiger partial charge on any atom is -0.398 e. The number of carbonyl (C=O) groups excluding carboxylic acids is 1. The van der Waals surface area contributed by atoms with Crippen molar-refractivity contribution < 1.29 is 9.53 Å². The Morgan fingerprint density at radius 1 is 1.20 bits per heavy atom. The van der Waals surface area contributed by atoms with E-state index in [9.17, 15) is 4.79 Å². The van der Waals surface area contributed by atoms with Crippen molar-refractivity contribution in [3.05, 3.63) is 29.3 Å². The van der Waals surface area contributed by atoms with Crippen LogP contribution in [0.25, 0.3) is 0 Å². The number of aryl methyl sites for hydroxylation is 1. The molecule has 0 saturated carbocycles. The lowest BCUT2D eigenvalue weighted by Crippen LogP contribution is -2.58. The van der Waals surface area contributed by atoms with E-state index in [1.54, 1.807) is 0 Å². The van der Waals surface area contributed by atoms with Gasteiger partial charge in [-0.15, -0.1) is 0 Å². The lowest BCUT2D eigenvalue weighted by Gasteiger charge is -2.47. The lowest BCUT2D eigenvalue weighted by atomic mass is 9.97. The summed E-state index contributed by atoms with van der Waals surface area (Å²) in [5, 5.41) is 0. The summed E-state index contributed by atoms with van der Waals surface area (Å²) in [6, 6.07) is 5.56. The van der Waals surface area contributed by atoms with E-state index in [-0.39, 0.29) is 17.1 Å². The van der Waals surface area contributed by atoms with Crippen molar-refractivity contribution in [2.24, 2.45) is 0 Å². The first kappa shape index (κ1) is 14.9. The smallest absolute Gasteiger partial charge is 0.256 e. The van der Waals surface area contributed by atoms with Crippen LogP contribution in [0.15, 0.2) is 18.2 Å². The summed E-state index contributed by atoms with van der Waals surface area (Å²) < 4.78 is 6.00. The maximum Gasteiger partial charge on any atom is 0.256 e. The van der Waals surface area contributed by atoms with E-state index in [0.717, 1.165) is 5.56 Å². The molecule has 1 fully saturated rings. The van der Waals surface area contributed by atoms with Crippen LogP contribution < -0.4 is 5.73 Å². The third-order valence-electron chi connectivity index (χ3n) is 3.42. The van der Waals surface area contributed by atoms with Crippen molar-refractivity contribution >= 4 is 11.6 Å². The van der Waals surface area contributed by atoms with Crippen LogP contribution in [0.3, 0.4) is 0 Å². The average Bonchev–Trinajstić information content (AvgIpc) is 2.23. The SMILES string of the molecule is Cc1ccc(C(=O)N2CC(C)(C)OC(C)(C)C2)c(N)c1. The highest BCUT2D eigenvalue weighted by Gasteiger charge is 2.40. The molecule has 1 aromatic rings. The zero-order valence-electron chi connectivity index (χ0n) is 13.0. The Hall–Kier alpha value is -1.55. The molecule has 1 heterocycles. The van der Waals surface area contributed by atoms with Crippen LogP contribution in [0.4, 0.5) is 5.69 Å². The van der Waals surface area contributed by atoms with Crippen LogP contribution in [-0.2, 0) is 4.74 Å². The quantitative estimate of drug-likeness (QED) is 0.802. The highest BCUT2D eigenvalue weighted by molar-refractivity contribution is 5.99. The summed E-state index contributed by atoms with van der Waals surface area (Å²) in [6.45, 7) is 11.1. The van der Waals surface area contributed by atoms with E-state index in [1.807, 2.05) is 57.7 Å². The fraction of sp³-hybridized carbons (Fsp3) is 0.562. The number of carbonyl (C=O) groups is 1. The zero-order valence-corrected chi connectivity index (χ0v) is 13.0. The van der Waals surface area contributed by atoms with Gasteiger partial charge in [-0.05, 0) is 52.3 Å². The Bertz CT molecular complexity index is 519. The molecule has 0 aliphatic carbocycles. The Balaban J connectivity index is 2.28. The number of benzene rings is 1. The summed E-state index contributed by atoms with van der Waals surface area (Å²) in [4.78, 5) is 14.5. The topological polar surface area (TPSA) is 55.6 Å². The molecule has 1 amide bonds. The van der Waals surface area contributed by atoms with Gasteiger partial charge in [-0.25, -0.2) is 0 Å². The second-order valence-electron chi connectivity index (χ2n) is 6.87. The van der Waals surface area contributed by atoms with Crippen LogP contribution in [-0.4, -0.2) is 35.1 Å². The molecule has 110 valence electrons. The van der Waals surface area contributed by atoms with E-state index in [4.69, 9.17) is 10.5 Å². The molecular weight excluding hydrogens is 252 g/mol. The number of ether oxygens (including phenoxy) is 1. The van der Waals surface area contributed by atoms with Crippen molar-refractivity contribution in [3.63, 3.8) is 0 Å². The van der Waals surface area contributed by atoms with Crippen LogP contribution >= 0.6 is 0 Å². The Labute approximate surface area is 120 Å². The molecule has 4 heteroatoms. The third kappa shape index (κ3) is 3.12. The van der Waals surface area contributed by atoms with Gasteiger partial charge >= 0.3 is 0 Å². The molecule has 0 atom stereocenters. The molecular formula is C16H24N2O2. The van der Waals surface area contributed by atoms with Crippen molar-refractivity contribution in [2.75, 3.05) is 18.8 Å². The van der Waals surface area contributed by atoms with Crippen molar-refractivity contribution in [2.45, 2.75) is 45.8 Å². The number of hydrogen-bond acceptors (Lipinski definition) is 3. The highest BCUT2D eigenvalue weighted by Crippen LogP contribution is 2.29. The van der Waals surface area contributed by atoms with Gasteiger partial charge in [0.1, 0.15) is 0 Å². The Kier molecular flexibility index (Phi) is 3.54. The van der Waals surface area contributed by atoms with Gasteiger partial charge in [0, 0.05) is 18.8 Å². The van der Waals surface area contributed by atoms with Crippen molar-refractivity contribution in [3.8, 4) is 0 Å². The molecule has 20 heavy (non-hydrogen) atoms. The van der Waals surface area contributed by atoms with Gasteiger partial charge in [0.2, 0.25) is 0 Å². The van der Waals surface area contributed by atoms with Crippen LogP contribution in [0, 0.1) is 6.92 Å². The van der Waals surface area contributed by atoms with Gasteiger partial charge < -0.3 is 15.4 Å². The minimum absolute atomic E-state index is 0.0213. The monoisotopic (exact) mass is 276 g/mol. The standard InChI is InChI=1S/C16H24N2O2/c1-11-6-7-12(13(17)8-11)14(19)18-9-15(2,3)20-16(4,5)10-18/h6-8H,9-10,17H2,1-5H3. The van der Waals surface area contributed by atoms with Crippen LogP contribution in [0.1, 0.15) is 43.6 Å². The third-order valence-corrected chi connectivity index (χ3v) is 3.42. The molecule has 0 aromatic heterocycles. The number of nitrogens with zero attached hydrogens (tertiary/aromatic N) is 1. The maximum absolute atomic E-state index is 12.7. The molecule has 0 bridgehead atoms. The first-order valence-corrected chi connectivity index (χ1v) is 6.95. The van der Waals surface area contributed by atoms with E-state index in [0.29, 0.717) is 24.3 Å². The lowest BCUT2D eigenvalue weighted by molar-refractivity contribution is -0.171. The highest BCUT2D eigenvalue weighted by atomic mass is 16.5. The number of amides is 1. The first-order valence-electron chi connectivity index (χ1n) is 6.95. The van der Waals surface area contributed by atoms with Gasteiger partial charge in [-0.1, -0.05) is 6.07 Å². The number of morpholine rings is 1. The van der Waals surface area contributed by atoms with Crippen molar-refractivity contribution in [1.29, 1.82) is 0 Å². The molecule has 0 spiro atoms. The predicted octanol–water partition coefficient (Wildman–Crippen LogP) is 2.61. The summed E-state index contributed by atoms with van der Waals surface area (Å²) >= 11 is 0. The Morgan fingerprint density at radius 3 is 2.25 bits per heavy atom. The van der Waals surface area contributed by atoms with Gasteiger partial charge in [-0.2, -0.15) is 0 Å². The number of nitrogen functional groups attached to an aromatic ring is 1. The number of hydrogen-bond donors (Lipinski definition) is 1. The van der Waals surface area contributed by atoms with Gasteiger partial charge in [0.15, 0.2) is 0 Å². The van der Waals surface area contributed by atoms with E-state index in [2.05, 4.69) is 0 Å². The van der Waals surface area contributed by atoms with Crippen LogP contribution in [0.5, 0.6) is 0 Å². The second kappa shape index (κ2) is 4.77. The van der Waals surface area contributed by atoms with E-state index >= 15 is 0 Å². The molecule has 2 rings (SSSR count). The summed E-state index contributed by atoms with van der Waals surface area (Å²) in [6.07, 6.45) is 0. The zero-order chi connectivity index (χ0) is 15.1. The molecule has 4 nitrogen and oxygen atoms in total. The normalized spacial score (nSPS) is 20.8. The summed E-state index contributed by atoms with van der Waals surface area (Å²) in [7, 11) is 0. The molecule has 1 saturated heterocycles. The van der Waals surface area contributed by atoms with Gasteiger partial charge in [-0.3, -0.25) is 4.79 Å². The molecule has 0 unspecified atom stereocenters. The van der Waals surface area contributed by atoms with E-state index in [1.165, 1.54) is 0 Å². The van der Waals surface area contributed by atoms with Crippen molar-refractivity contribution in [1.82, 2.24) is 4.90 Å². The van der Waals surface area contributed by atoms with Crippen LogP contribution in [0.2, 0.25) is 0 Å². The molecule has 1 aromatic carbocycles. The summed E-state index contributed by atoms with van der Waals surface area (Å²) in [5.74, 6) is -0.0213. The maximum atomic E-state index is 12.7. The molecule has 1 aliphatic rings. The molecule has 2 N–H and O–H groups in total.